The molecule has 0 spiro atoms. The molecule has 1 heterocycles. The lowest BCUT2D eigenvalue weighted by Gasteiger charge is -2.17. The van der Waals surface area contributed by atoms with Crippen molar-refractivity contribution in [3.63, 3.8) is 0 Å². The van der Waals surface area contributed by atoms with Gasteiger partial charge < -0.3 is 10.1 Å². The van der Waals surface area contributed by atoms with Gasteiger partial charge in [0.1, 0.15) is 5.75 Å². The summed E-state index contributed by atoms with van der Waals surface area (Å²) in [6.07, 6.45) is 6.39. The predicted molar refractivity (Wildman–Crippen MR) is 64.5 cm³/mol. The Morgan fingerprint density at radius 2 is 2.25 bits per heavy atom. The standard InChI is InChI=1S/C13H20N2O/c1-3-15-13(10-5-6-10)11-7-12(16-4-2)9-14-8-11/h7-10,13,15H,3-6H2,1-2H3. The van der Waals surface area contributed by atoms with Gasteiger partial charge in [-0.25, -0.2) is 0 Å². The quantitative estimate of drug-likeness (QED) is 0.800. The van der Waals surface area contributed by atoms with Gasteiger partial charge in [-0.1, -0.05) is 6.92 Å². The molecular weight excluding hydrogens is 200 g/mol. The van der Waals surface area contributed by atoms with Crippen molar-refractivity contribution in [2.75, 3.05) is 13.2 Å². The van der Waals surface area contributed by atoms with E-state index in [4.69, 9.17) is 4.74 Å². The Morgan fingerprint density at radius 1 is 1.44 bits per heavy atom. The van der Waals surface area contributed by atoms with Crippen LogP contribution in [0.2, 0.25) is 0 Å². The van der Waals surface area contributed by atoms with Crippen LogP contribution >= 0.6 is 0 Å². The number of rotatable bonds is 6. The normalized spacial score (nSPS) is 17.1. The Balaban J connectivity index is 2.12. The molecule has 1 aliphatic rings. The van der Waals surface area contributed by atoms with Crippen molar-refractivity contribution in [3.05, 3.63) is 24.0 Å². The molecule has 1 N–H and O–H groups in total. The van der Waals surface area contributed by atoms with Crippen molar-refractivity contribution in [2.24, 2.45) is 5.92 Å². The van der Waals surface area contributed by atoms with E-state index < -0.39 is 0 Å². The van der Waals surface area contributed by atoms with Crippen molar-refractivity contribution >= 4 is 0 Å². The summed E-state index contributed by atoms with van der Waals surface area (Å²) in [5, 5.41) is 3.53. The highest BCUT2D eigenvalue weighted by Gasteiger charge is 2.31. The minimum Gasteiger partial charge on any atom is -0.492 e. The molecule has 1 fully saturated rings. The highest BCUT2D eigenvalue weighted by molar-refractivity contribution is 5.27. The number of hydrogen-bond donors (Lipinski definition) is 1. The maximum absolute atomic E-state index is 5.48. The first kappa shape index (κ1) is 11.4. The van der Waals surface area contributed by atoms with Gasteiger partial charge in [0.15, 0.2) is 0 Å². The molecule has 1 atom stereocenters. The maximum atomic E-state index is 5.48. The van der Waals surface area contributed by atoms with E-state index >= 15 is 0 Å². The molecule has 16 heavy (non-hydrogen) atoms. The lowest BCUT2D eigenvalue weighted by Crippen LogP contribution is -2.22. The first-order chi connectivity index (χ1) is 7.85. The summed E-state index contributed by atoms with van der Waals surface area (Å²) in [6, 6.07) is 2.57. The predicted octanol–water partition coefficient (Wildman–Crippen LogP) is 2.54. The zero-order chi connectivity index (χ0) is 11.4. The van der Waals surface area contributed by atoms with Gasteiger partial charge in [-0.2, -0.15) is 0 Å². The summed E-state index contributed by atoms with van der Waals surface area (Å²) in [5.41, 5.74) is 1.26. The molecule has 1 aromatic heterocycles. The van der Waals surface area contributed by atoms with E-state index in [1.165, 1.54) is 18.4 Å². The second-order valence-electron chi connectivity index (χ2n) is 4.26. The SMILES string of the molecule is CCNC(c1cncc(OCC)c1)C1CC1. The zero-order valence-corrected chi connectivity index (χ0v) is 10.1. The first-order valence-electron chi connectivity index (χ1n) is 6.16. The van der Waals surface area contributed by atoms with Gasteiger partial charge >= 0.3 is 0 Å². The van der Waals surface area contributed by atoms with Crippen LogP contribution in [0.5, 0.6) is 5.75 Å². The molecule has 1 saturated carbocycles. The Bertz CT molecular complexity index is 336. The lowest BCUT2D eigenvalue weighted by atomic mass is 10.0. The molecule has 0 amide bonds. The fourth-order valence-corrected chi connectivity index (χ4v) is 2.06. The molecule has 88 valence electrons. The molecule has 0 aromatic carbocycles. The zero-order valence-electron chi connectivity index (χ0n) is 10.1. The molecule has 0 saturated heterocycles. The topological polar surface area (TPSA) is 34.2 Å². The molecule has 0 aliphatic heterocycles. The van der Waals surface area contributed by atoms with E-state index in [9.17, 15) is 0 Å². The monoisotopic (exact) mass is 220 g/mol. The molecule has 0 radical (unpaired) electrons. The Morgan fingerprint density at radius 3 is 2.88 bits per heavy atom. The minimum atomic E-state index is 0.456. The molecule has 1 aliphatic carbocycles. The summed E-state index contributed by atoms with van der Waals surface area (Å²) in [7, 11) is 0. The highest BCUT2D eigenvalue weighted by atomic mass is 16.5. The average molecular weight is 220 g/mol. The third kappa shape index (κ3) is 2.73. The van der Waals surface area contributed by atoms with E-state index in [-0.39, 0.29) is 0 Å². The van der Waals surface area contributed by atoms with Crippen LogP contribution in [-0.4, -0.2) is 18.1 Å². The third-order valence-electron chi connectivity index (χ3n) is 2.92. The largest absolute Gasteiger partial charge is 0.492 e. The Hall–Kier alpha value is -1.09. The highest BCUT2D eigenvalue weighted by Crippen LogP contribution is 2.41. The van der Waals surface area contributed by atoms with Gasteiger partial charge in [-0.15, -0.1) is 0 Å². The number of hydrogen-bond acceptors (Lipinski definition) is 3. The van der Waals surface area contributed by atoms with Crippen molar-refractivity contribution in [1.82, 2.24) is 10.3 Å². The molecular formula is C13H20N2O. The minimum absolute atomic E-state index is 0.456. The van der Waals surface area contributed by atoms with Crippen LogP contribution in [0.1, 0.15) is 38.3 Å². The lowest BCUT2D eigenvalue weighted by molar-refractivity contribution is 0.337. The average Bonchev–Trinajstić information content (AvgIpc) is 3.11. The second-order valence-corrected chi connectivity index (χ2v) is 4.26. The maximum Gasteiger partial charge on any atom is 0.137 e. The van der Waals surface area contributed by atoms with Gasteiger partial charge in [-0.3, -0.25) is 4.98 Å². The summed E-state index contributed by atoms with van der Waals surface area (Å²) < 4.78 is 5.48. The summed E-state index contributed by atoms with van der Waals surface area (Å²) in [4.78, 5) is 4.25. The van der Waals surface area contributed by atoms with Crippen molar-refractivity contribution in [1.29, 1.82) is 0 Å². The van der Waals surface area contributed by atoms with Crippen LogP contribution in [0, 0.1) is 5.92 Å². The molecule has 3 nitrogen and oxygen atoms in total. The van der Waals surface area contributed by atoms with Crippen LogP contribution < -0.4 is 10.1 Å². The fraction of sp³-hybridized carbons (Fsp3) is 0.615. The summed E-state index contributed by atoms with van der Waals surface area (Å²) in [5.74, 6) is 1.67. The molecule has 2 rings (SSSR count). The van der Waals surface area contributed by atoms with Gasteiger partial charge in [-0.05, 0) is 43.9 Å². The third-order valence-corrected chi connectivity index (χ3v) is 2.92. The van der Waals surface area contributed by atoms with E-state index in [1.807, 2.05) is 13.1 Å². The molecule has 0 bridgehead atoms. The van der Waals surface area contributed by atoms with Gasteiger partial charge in [0.25, 0.3) is 0 Å². The first-order valence-corrected chi connectivity index (χ1v) is 6.16. The van der Waals surface area contributed by atoms with Gasteiger partial charge in [0.05, 0.1) is 12.8 Å². The fourth-order valence-electron chi connectivity index (χ4n) is 2.06. The van der Waals surface area contributed by atoms with Crippen LogP contribution in [0.15, 0.2) is 18.5 Å². The van der Waals surface area contributed by atoms with Gasteiger partial charge in [0, 0.05) is 12.2 Å². The van der Waals surface area contributed by atoms with Crippen molar-refractivity contribution in [3.8, 4) is 5.75 Å². The van der Waals surface area contributed by atoms with Crippen LogP contribution in [-0.2, 0) is 0 Å². The van der Waals surface area contributed by atoms with Crippen LogP contribution in [0.3, 0.4) is 0 Å². The second kappa shape index (κ2) is 5.30. The molecule has 1 aromatic rings. The summed E-state index contributed by atoms with van der Waals surface area (Å²) in [6.45, 7) is 5.84. The molecule has 3 heteroatoms. The number of nitrogens with zero attached hydrogens (tertiary/aromatic N) is 1. The van der Waals surface area contributed by atoms with Crippen molar-refractivity contribution in [2.45, 2.75) is 32.7 Å². The number of aromatic nitrogens is 1. The van der Waals surface area contributed by atoms with Crippen LogP contribution in [0.4, 0.5) is 0 Å². The smallest absolute Gasteiger partial charge is 0.137 e. The Kier molecular flexibility index (Phi) is 3.78. The van der Waals surface area contributed by atoms with E-state index in [0.29, 0.717) is 12.6 Å². The Labute approximate surface area is 97.2 Å². The van der Waals surface area contributed by atoms with E-state index in [0.717, 1.165) is 18.2 Å². The van der Waals surface area contributed by atoms with E-state index in [2.05, 4.69) is 23.3 Å². The number of ether oxygens (including phenoxy) is 1. The van der Waals surface area contributed by atoms with E-state index in [1.54, 1.807) is 6.20 Å². The number of pyridine rings is 1. The van der Waals surface area contributed by atoms with Crippen LogP contribution in [0.25, 0.3) is 0 Å². The van der Waals surface area contributed by atoms with Crippen molar-refractivity contribution < 1.29 is 4.74 Å². The van der Waals surface area contributed by atoms with Gasteiger partial charge in [0.2, 0.25) is 0 Å². The summed E-state index contributed by atoms with van der Waals surface area (Å²) >= 11 is 0. The molecule has 1 unspecified atom stereocenters. The number of nitrogens with one attached hydrogen (secondary N) is 1.